The Labute approximate surface area is 159 Å². The Bertz CT molecular complexity index is 815. The van der Waals surface area contributed by atoms with Gasteiger partial charge in [-0.1, -0.05) is 0 Å². The molecule has 1 aromatic carbocycles. The van der Waals surface area contributed by atoms with Gasteiger partial charge in [0.15, 0.2) is 0 Å². The fourth-order valence-corrected chi connectivity index (χ4v) is 4.83. The molecule has 2 aliphatic rings. The van der Waals surface area contributed by atoms with Gasteiger partial charge >= 0.3 is 0 Å². The van der Waals surface area contributed by atoms with Crippen LogP contribution < -0.4 is 0 Å². The summed E-state index contributed by atoms with van der Waals surface area (Å²) in [4.78, 5) is 16.2. The molecular weight excluding hydrogens is 374 g/mol. The van der Waals surface area contributed by atoms with Crippen LogP contribution in [0.25, 0.3) is 0 Å². The highest BCUT2D eigenvalue weighted by Crippen LogP contribution is 2.39. The van der Waals surface area contributed by atoms with E-state index in [4.69, 9.17) is 0 Å². The quantitative estimate of drug-likeness (QED) is 0.761. The number of likely N-dealkylation sites (tertiary alicyclic amines) is 2. The van der Waals surface area contributed by atoms with Crippen molar-refractivity contribution in [1.82, 2.24) is 9.80 Å². The Hall–Kier alpha value is -1.54. The second kappa shape index (κ2) is 7.83. The second-order valence-corrected chi connectivity index (χ2v) is 10.0. The molecule has 2 heterocycles. The predicted molar refractivity (Wildman–Crippen MR) is 98.9 cm³/mol. The first-order chi connectivity index (χ1) is 12.7. The third kappa shape index (κ3) is 4.85. The first-order valence-corrected chi connectivity index (χ1v) is 11.4. The summed E-state index contributed by atoms with van der Waals surface area (Å²) >= 11 is 0. The average molecular weight is 400 g/mol. The molecule has 0 bridgehead atoms. The van der Waals surface area contributed by atoms with Crippen LogP contribution in [0.5, 0.6) is 0 Å². The average Bonchev–Trinajstić information content (AvgIpc) is 2.75. The highest BCUT2D eigenvalue weighted by Gasteiger charge is 2.45. The van der Waals surface area contributed by atoms with E-state index in [1.54, 1.807) is 4.90 Å². The minimum atomic E-state index is -3.14. The van der Waals surface area contributed by atoms with Crippen LogP contribution in [0.3, 0.4) is 0 Å². The van der Waals surface area contributed by atoms with E-state index in [1.807, 2.05) is 0 Å². The number of carbonyl (C=O) groups is 1. The van der Waals surface area contributed by atoms with Crippen LogP contribution in [0.4, 0.5) is 8.78 Å². The molecule has 1 spiro atoms. The van der Waals surface area contributed by atoms with Gasteiger partial charge in [-0.15, -0.1) is 0 Å². The van der Waals surface area contributed by atoms with Gasteiger partial charge in [0.25, 0.3) is 0 Å². The number of nitrogens with zero attached hydrogens (tertiary/aromatic N) is 2. The molecule has 3 rings (SSSR count). The molecule has 8 heteroatoms. The molecular formula is C19H26F2N2O3S. The molecule has 1 amide bonds. The van der Waals surface area contributed by atoms with Gasteiger partial charge in [-0.25, -0.2) is 17.2 Å². The van der Waals surface area contributed by atoms with Crippen molar-refractivity contribution >= 4 is 15.7 Å². The summed E-state index contributed by atoms with van der Waals surface area (Å²) in [7, 11) is -3.14. The van der Waals surface area contributed by atoms with Crippen molar-refractivity contribution in [2.24, 2.45) is 0 Å². The lowest BCUT2D eigenvalue weighted by molar-refractivity contribution is -0.131. The Kier molecular flexibility index (Phi) is 5.86. The molecule has 27 heavy (non-hydrogen) atoms. The highest BCUT2D eigenvalue weighted by atomic mass is 32.2. The van der Waals surface area contributed by atoms with E-state index >= 15 is 0 Å². The standard InChI is InChI=1S/C19H26F2N2O3S/c1-27(25,26)12-11-23-18(24)5-7-19(23)6-2-9-22(10-8-19)14-15-13-16(20)3-4-17(15)21/h3-4,13H,2,5-12,14H2,1H3/t19-/m1/s1. The van der Waals surface area contributed by atoms with Crippen molar-refractivity contribution in [3.63, 3.8) is 0 Å². The fraction of sp³-hybridized carbons (Fsp3) is 0.632. The van der Waals surface area contributed by atoms with Crippen LogP contribution in [-0.4, -0.2) is 61.3 Å². The zero-order chi connectivity index (χ0) is 19.7. The maximum atomic E-state index is 13.9. The van der Waals surface area contributed by atoms with Crippen LogP contribution in [0, 0.1) is 11.6 Å². The summed E-state index contributed by atoms with van der Waals surface area (Å²) in [6, 6.07) is 3.49. The molecule has 0 saturated carbocycles. The summed E-state index contributed by atoms with van der Waals surface area (Å²) in [6.45, 7) is 1.97. The van der Waals surface area contributed by atoms with E-state index in [1.165, 1.54) is 12.3 Å². The molecule has 0 aromatic heterocycles. The van der Waals surface area contributed by atoms with Crippen LogP contribution in [0.2, 0.25) is 0 Å². The van der Waals surface area contributed by atoms with Crippen LogP contribution in [0.15, 0.2) is 18.2 Å². The molecule has 1 atom stereocenters. The molecule has 2 aliphatic heterocycles. The van der Waals surface area contributed by atoms with Gasteiger partial charge in [-0.3, -0.25) is 9.69 Å². The lowest BCUT2D eigenvalue weighted by Gasteiger charge is -2.38. The van der Waals surface area contributed by atoms with E-state index in [9.17, 15) is 22.0 Å². The molecule has 150 valence electrons. The molecule has 5 nitrogen and oxygen atoms in total. The molecule has 0 N–H and O–H groups in total. The maximum absolute atomic E-state index is 13.9. The van der Waals surface area contributed by atoms with E-state index in [2.05, 4.69) is 4.90 Å². The largest absolute Gasteiger partial charge is 0.336 e. The van der Waals surface area contributed by atoms with Crippen LogP contribution >= 0.6 is 0 Å². The normalized spacial score (nSPS) is 24.6. The van der Waals surface area contributed by atoms with Gasteiger partial charge in [-0.05, 0) is 50.4 Å². The van der Waals surface area contributed by atoms with Crippen molar-refractivity contribution < 1.29 is 22.0 Å². The molecule has 2 saturated heterocycles. The van der Waals surface area contributed by atoms with Gasteiger partial charge in [-0.2, -0.15) is 0 Å². The number of carbonyl (C=O) groups excluding carboxylic acids is 1. The second-order valence-electron chi connectivity index (χ2n) is 7.77. The Morgan fingerprint density at radius 1 is 1.15 bits per heavy atom. The summed E-state index contributed by atoms with van der Waals surface area (Å²) in [6.07, 6.45) is 4.73. The van der Waals surface area contributed by atoms with Gasteiger partial charge in [0, 0.05) is 43.4 Å². The van der Waals surface area contributed by atoms with Crippen molar-refractivity contribution in [1.29, 1.82) is 0 Å². The lowest BCUT2D eigenvalue weighted by Crippen LogP contribution is -2.48. The smallest absolute Gasteiger partial charge is 0.223 e. The first kappa shape index (κ1) is 20.2. The third-order valence-electron chi connectivity index (χ3n) is 5.78. The minimum absolute atomic E-state index is 0.0169. The monoisotopic (exact) mass is 400 g/mol. The summed E-state index contributed by atoms with van der Waals surface area (Å²) in [5.74, 6) is -0.880. The summed E-state index contributed by atoms with van der Waals surface area (Å²) in [5, 5.41) is 0. The van der Waals surface area contributed by atoms with E-state index in [0.29, 0.717) is 25.1 Å². The number of hydrogen-bond donors (Lipinski definition) is 0. The highest BCUT2D eigenvalue weighted by molar-refractivity contribution is 7.90. The predicted octanol–water partition coefficient (Wildman–Crippen LogP) is 2.36. The molecule has 0 aliphatic carbocycles. The fourth-order valence-electron chi connectivity index (χ4n) is 4.31. The zero-order valence-corrected chi connectivity index (χ0v) is 16.4. The SMILES string of the molecule is CS(=O)(=O)CCN1C(=O)CC[C@@]12CCCN(Cc1cc(F)ccc1F)CC2. The number of hydrogen-bond acceptors (Lipinski definition) is 4. The molecule has 2 fully saturated rings. The van der Waals surface area contributed by atoms with Gasteiger partial charge < -0.3 is 4.90 Å². The number of sulfone groups is 1. The van der Waals surface area contributed by atoms with Gasteiger partial charge in [0.2, 0.25) is 5.91 Å². The zero-order valence-electron chi connectivity index (χ0n) is 15.6. The maximum Gasteiger partial charge on any atom is 0.223 e. The number of benzene rings is 1. The van der Waals surface area contributed by atoms with Gasteiger partial charge in [0.1, 0.15) is 21.5 Å². The minimum Gasteiger partial charge on any atom is -0.336 e. The lowest BCUT2D eigenvalue weighted by atomic mass is 9.88. The van der Waals surface area contributed by atoms with E-state index < -0.39 is 21.5 Å². The number of rotatable bonds is 5. The third-order valence-corrected chi connectivity index (χ3v) is 6.70. The summed E-state index contributed by atoms with van der Waals surface area (Å²) < 4.78 is 50.4. The van der Waals surface area contributed by atoms with Crippen LogP contribution in [0.1, 0.15) is 37.7 Å². The first-order valence-electron chi connectivity index (χ1n) is 9.33. The van der Waals surface area contributed by atoms with E-state index in [-0.39, 0.29) is 23.7 Å². The van der Waals surface area contributed by atoms with Gasteiger partial charge in [0.05, 0.1) is 5.75 Å². The van der Waals surface area contributed by atoms with E-state index in [0.717, 1.165) is 44.4 Å². The summed E-state index contributed by atoms with van der Waals surface area (Å²) in [5.41, 5.74) is 0.0270. The van der Waals surface area contributed by atoms with Crippen molar-refractivity contribution in [2.75, 3.05) is 31.6 Å². The molecule has 1 aromatic rings. The van der Waals surface area contributed by atoms with Crippen LogP contribution in [-0.2, 0) is 21.2 Å². The molecule has 0 unspecified atom stereocenters. The Balaban J connectivity index is 1.69. The van der Waals surface area contributed by atoms with Crippen molar-refractivity contribution in [3.05, 3.63) is 35.4 Å². The topological polar surface area (TPSA) is 57.7 Å². The number of halogens is 2. The van der Waals surface area contributed by atoms with Crippen molar-refractivity contribution in [2.45, 2.75) is 44.2 Å². The Morgan fingerprint density at radius 2 is 1.93 bits per heavy atom. The Morgan fingerprint density at radius 3 is 2.67 bits per heavy atom. The molecule has 0 radical (unpaired) electrons. The number of amides is 1. The van der Waals surface area contributed by atoms with Crippen molar-refractivity contribution in [3.8, 4) is 0 Å².